The second-order valence-corrected chi connectivity index (χ2v) is 8.48. The third kappa shape index (κ3) is 7.81. The van der Waals surface area contributed by atoms with Gasteiger partial charge in [0.2, 0.25) is 0 Å². The van der Waals surface area contributed by atoms with Crippen molar-refractivity contribution in [1.82, 2.24) is 14.9 Å². The maximum Gasteiger partial charge on any atom is 0.268 e. The van der Waals surface area contributed by atoms with Crippen LogP contribution >= 0.6 is 0 Å². The van der Waals surface area contributed by atoms with Crippen molar-refractivity contribution >= 4 is 59.6 Å². The minimum absolute atomic E-state index is 0. The van der Waals surface area contributed by atoms with Crippen molar-refractivity contribution < 1.29 is 32.8 Å². The van der Waals surface area contributed by atoms with E-state index in [0.717, 1.165) is 31.9 Å². The number of nitrogens with zero attached hydrogens (tertiary/aromatic N) is 9. The predicted molar refractivity (Wildman–Crippen MR) is 132 cm³/mol. The van der Waals surface area contributed by atoms with E-state index in [0.29, 0.717) is 17.1 Å². The Morgan fingerprint density at radius 1 is 0.743 bits per heavy atom. The van der Waals surface area contributed by atoms with Crippen LogP contribution in [0.25, 0.3) is 0 Å². The van der Waals surface area contributed by atoms with Gasteiger partial charge in [0, 0.05) is 54.2 Å². The topological polar surface area (TPSA) is 125 Å². The third-order valence-corrected chi connectivity index (χ3v) is 5.66. The molecule has 2 aromatic carbocycles. The van der Waals surface area contributed by atoms with E-state index in [1.807, 2.05) is 24.3 Å². The van der Waals surface area contributed by atoms with Gasteiger partial charge in [-0.25, -0.2) is 14.7 Å². The summed E-state index contributed by atoms with van der Waals surface area (Å²) in [6, 6.07) is 14.0. The van der Waals surface area contributed by atoms with Crippen LogP contribution in [-0.4, -0.2) is 56.2 Å². The fraction of sp³-hybridized carbons (Fsp3) is 0.238. The molecule has 3 aromatic rings. The number of azo groups is 2. The molecule has 0 aliphatic carbocycles. The maximum atomic E-state index is 8.95. The van der Waals surface area contributed by atoms with Crippen molar-refractivity contribution in [1.29, 1.82) is 0 Å². The summed E-state index contributed by atoms with van der Waals surface area (Å²) in [7, 11) is 0. The minimum atomic E-state index is -0.247. The van der Waals surface area contributed by atoms with Crippen LogP contribution in [0.4, 0.5) is 34.4 Å². The maximum absolute atomic E-state index is 8.95. The second-order valence-electron chi connectivity index (χ2n) is 7.29. The molecule has 0 amide bonds. The first-order chi connectivity index (χ1) is 16.5. The number of hydrogen-bond acceptors (Lipinski definition) is 13. The summed E-state index contributed by atoms with van der Waals surface area (Å²) in [6.45, 7) is 3.50. The fourth-order valence-corrected chi connectivity index (χ4v) is 3.63. The summed E-state index contributed by atoms with van der Waals surface area (Å²) in [5.41, 5.74) is 3.00. The summed E-state index contributed by atoms with van der Waals surface area (Å²) in [6.07, 6.45) is 2.97. The van der Waals surface area contributed by atoms with E-state index in [1.54, 1.807) is 12.1 Å². The Bertz CT molecular complexity index is 1120. The molecule has 187 valence electrons. The van der Waals surface area contributed by atoms with E-state index in [-0.39, 0.29) is 43.9 Å². The van der Waals surface area contributed by atoms with Crippen LogP contribution in [-0.2, 0) is 47.6 Å². The normalized spacial score (nSPS) is 14.6. The Hall–Kier alpha value is -2.36. The van der Waals surface area contributed by atoms with Gasteiger partial charge in [-0.05, 0) is 48.5 Å². The molecule has 0 atom stereocenters. The minimum Gasteiger partial charge on any atom is -0.800 e. The van der Waals surface area contributed by atoms with Crippen molar-refractivity contribution in [3.8, 4) is 0 Å². The smallest absolute Gasteiger partial charge is 0.268 e. The quantitative estimate of drug-likeness (QED) is 0.161. The van der Waals surface area contributed by atoms with Gasteiger partial charge in [-0.1, -0.05) is 0 Å². The van der Waals surface area contributed by atoms with Crippen LogP contribution in [0, 0.1) is 0 Å². The van der Waals surface area contributed by atoms with Gasteiger partial charge in [0.05, 0.1) is 29.5 Å². The summed E-state index contributed by atoms with van der Waals surface area (Å²) in [4.78, 5) is 12.7. The first-order valence-electron chi connectivity index (χ1n) is 10.3. The Morgan fingerprint density at radius 3 is 1.80 bits per heavy atom. The fourth-order valence-electron chi connectivity index (χ4n) is 3.21. The van der Waals surface area contributed by atoms with E-state index >= 15 is 0 Å². The molecule has 1 radical (unpaired) electrons. The van der Waals surface area contributed by atoms with Crippen molar-refractivity contribution in [2.45, 2.75) is 4.71 Å². The van der Waals surface area contributed by atoms with Gasteiger partial charge in [0.1, 0.15) is 5.69 Å². The van der Waals surface area contributed by atoms with E-state index in [1.165, 1.54) is 24.5 Å². The molecule has 0 unspecified atom stereocenters. The van der Waals surface area contributed by atoms with Gasteiger partial charge >= 0.3 is 0 Å². The van der Waals surface area contributed by atoms with Crippen LogP contribution in [0.2, 0.25) is 0 Å². The molecule has 1 saturated heterocycles. The number of benzene rings is 2. The van der Waals surface area contributed by atoms with Crippen LogP contribution < -0.4 is 10.1 Å². The molecule has 35 heavy (non-hydrogen) atoms. The molecule has 2 N–H and O–H groups in total. The van der Waals surface area contributed by atoms with Crippen molar-refractivity contribution in [3.63, 3.8) is 0 Å². The average Bonchev–Trinajstić information content (AvgIpc) is 2.87. The summed E-state index contributed by atoms with van der Waals surface area (Å²) >= 11 is 10.3. The standard InChI is InChI=1S/C21H23N9O2S2.Au/c31-30(32)19-7-3-15(4-8-19)24-26-17-13-22-20(23-14-17)27-25-16-1-5-18(6-2-16)28-9-11-29(12-10-28)21(33)34;/h1-8,13-14,21,31-34H,9-12H2;/p-2. The zero-order valence-corrected chi connectivity index (χ0v) is 22.0. The molecule has 0 bridgehead atoms. The number of aromatic nitrogens is 2. The van der Waals surface area contributed by atoms with E-state index in [9.17, 15) is 0 Å². The monoisotopic (exact) mass is 692 g/mol. The molecule has 4 rings (SSSR count). The molecule has 1 fully saturated rings. The Morgan fingerprint density at radius 2 is 1.26 bits per heavy atom. The predicted octanol–water partition coefficient (Wildman–Crippen LogP) is 4.39. The first kappa shape index (κ1) is 27.2. The van der Waals surface area contributed by atoms with E-state index < -0.39 is 0 Å². The molecule has 11 nitrogen and oxygen atoms in total. The van der Waals surface area contributed by atoms with Crippen LogP contribution in [0.5, 0.6) is 0 Å². The second kappa shape index (κ2) is 13.1. The molecule has 0 saturated carbocycles. The zero-order chi connectivity index (χ0) is 23.9. The van der Waals surface area contributed by atoms with Crippen LogP contribution in [0.3, 0.4) is 0 Å². The third-order valence-electron chi connectivity index (χ3n) is 5.07. The molecule has 1 aliphatic rings. The van der Waals surface area contributed by atoms with Crippen molar-refractivity contribution in [3.05, 3.63) is 60.9 Å². The molecule has 14 heteroatoms. The number of rotatable bonds is 7. The molecular weight excluding hydrogens is 671 g/mol. The van der Waals surface area contributed by atoms with Crippen molar-refractivity contribution in [2.24, 2.45) is 20.5 Å². The van der Waals surface area contributed by atoms with Gasteiger partial charge < -0.3 is 35.1 Å². The van der Waals surface area contributed by atoms with Gasteiger partial charge in [-0.15, -0.1) is 20.6 Å². The van der Waals surface area contributed by atoms with Crippen LogP contribution in [0.15, 0.2) is 81.4 Å². The summed E-state index contributed by atoms with van der Waals surface area (Å²) < 4.78 is -0.247. The Balaban J connectivity index is 0.00000342. The molecule has 2 heterocycles. The van der Waals surface area contributed by atoms with Gasteiger partial charge in [0.25, 0.3) is 5.95 Å². The molecule has 1 aliphatic heterocycles. The van der Waals surface area contributed by atoms with E-state index in [4.69, 9.17) is 35.7 Å². The molecule has 0 spiro atoms. The molecular formula is C21H21AuN9O2S2-2. The Labute approximate surface area is 228 Å². The van der Waals surface area contributed by atoms with Crippen molar-refractivity contribution in [2.75, 3.05) is 36.3 Å². The van der Waals surface area contributed by atoms with Gasteiger partial charge in [-0.3, -0.25) is 10.4 Å². The van der Waals surface area contributed by atoms with Gasteiger partial charge in [-0.2, -0.15) is 5.11 Å². The molecule has 1 aromatic heterocycles. The van der Waals surface area contributed by atoms with Gasteiger partial charge in [0.15, 0.2) is 0 Å². The first-order valence-corrected chi connectivity index (χ1v) is 11.3. The van der Waals surface area contributed by atoms with E-state index in [2.05, 4.69) is 40.2 Å². The average molecular weight is 693 g/mol. The SMILES string of the molecule is ON(O)c1ccc(N=Nc2cnc(N=Nc3ccc(N4CCN(C([S-])[S-])CC4)cc3)nc2)cc1.[Au]. The number of hydrogen-bond donors (Lipinski definition) is 2. The summed E-state index contributed by atoms with van der Waals surface area (Å²) in [5, 5.41) is 34.3. The van der Waals surface area contributed by atoms with Crippen LogP contribution in [0.1, 0.15) is 0 Å². The zero-order valence-electron chi connectivity index (χ0n) is 18.2. The number of anilines is 2. The summed E-state index contributed by atoms with van der Waals surface area (Å²) in [5.74, 6) is 0.205. The number of piperazine rings is 1. The Kier molecular flexibility index (Phi) is 10.2. The largest absolute Gasteiger partial charge is 0.800 e.